The van der Waals surface area contributed by atoms with Crippen molar-refractivity contribution in [2.24, 2.45) is 5.92 Å². The van der Waals surface area contributed by atoms with Gasteiger partial charge in [-0.3, -0.25) is 10.2 Å². The molecule has 1 aromatic rings. The Kier molecular flexibility index (Phi) is 4.92. The van der Waals surface area contributed by atoms with E-state index in [-0.39, 0.29) is 11.9 Å². The van der Waals surface area contributed by atoms with E-state index in [4.69, 9.17) is 4.74 Å². The number of aromatic nitrogens is 2. The van der Waals surface area contributed by atoms with Gasteiger partial charge in [-0.25, -0.2) is 10.4 Å². The molecule has 4 rings (SSSR count). The summed E-state index contributed by atoms with van der Waals surface area (Å²) in [5.41, 5.74) is 6.58. The second-order valence-electron chi connectivity index (χ2n) is 7.30. The minimum atomic E-state index is -0.137. The summed E-state index contributed by atoms with van der Waals surface area (Å²) < 4.78 is 5.17. The highest BCUT2D eigenvalue weighted by molar-refractivity contribution is 5.83. The van der Waals surface area contributed by atoms with Crippen molar-refractivity contribution in [1.29, 1.82) is 0 Å². The van der Waals surface area contributed by atoms with Crippen molar-refractivity contribution in [3.05, 3.63) is 12.3 Å². The summed E-state index contributed by atoms with van der Waals surface area (Å²) in [7, 11) is 3.73. The van der Waals surface area contributed by atoms with E-state index in [1.807, 2.05) is 4.90 Å². The quantitative estimate of drug-likeness (QED) is 0.704. The lowest BCUT2D eigenvalue weighted by Crippen LogP contribution is -2.56. The number of carbonyl (C=O) groups excluding carboxylic acids is 1. The van der Waals surface area contributed by atoms with Gasteiger partial charge < -0.3 is 19.4 Å². The molecule has 2 N–H and O–H groups in total. The molecule has 0 bridgehead atoms. The van der Waals surface area contributed by atoms with Gasteiger partial charge in [-0.2, -0.15) is 4.98 Å². The minimum Gasteiger partial charge on any atom is -0.481 e. The predicted octanol–water partition coefficient (Wildman–Crippen LogP) is -1.07. The summed E-state index contributed by atoms with van der Waals surface area (Å²) in [6, 6.07) is 1.99. The number of anilines is 1. The average molecular weight is 361 g/mol. The van der Waals surface area contributed by atoms with Crippen molar-refractivity contribution in [3.63, 3.8) is 0 Å². The molecule has 26 heavy (non-hydrogen) atoms. The number of nitrogens with one attached hydrogen (secondary N) is 2. The maximum absolute atomic E-state index is 13.0. The number of piperazine rings is 1. The molecule has 142 valence electrons. The monoisotopic (exact) mass is 361 g/mol. The van der Waals surface area contributed by atoms with Crippen molar-refractivity contribution >= 4 is 11.9 Å². The van der Waals surface area contributed by atoms with Crippen LogP contribution in [0.4, 0.5) is 5.95 Å². The Bertz CT molecular complexity index is 650. The summed E-state index contributed by atoms with van der Waals surface area (Å²) in [4.78, 5) is 28.1. The normalized spacial score (nSPS) is 29.5. The molecule has 3 aliphatic rings. The molecule has 3 atom stereocenters. The van der Waals surface area contributed by atoms with Gasteiger partial charge in [0.25, 0.3) is 0 Å². The van der Waals surface area contributed by atoms with Crippen LogP contribution in [0.15, 0.2) is 12.3 Å². The molecule has 0 radical (unpaired) electrons. The number of hydrazine groups is 1. The Labute approximate surface area is 153 Å². The number of likely N-dealkylation sites (tertiary alicyclic amines) is 1. The molecule has 9 heteroatoms. The van der Waals surface area contributed by atoms with Crippen molar-refractivity contribution in [2.45, 2.75) is 18.5 Å². The molecule has 9 nitrogen and oxygen atoms in total. The van der Waals surface area contributed by atoms with Gasteiger partial charge in [-0.05, 0) is 20.0 Å². The fraction of sp³-hybridized carbons (Fsp3) is 0.706. The lowest BCUT2D eigenvalue weighted by molar-refractivity contribution is -0.134. The van der Waals surface area contributed by atoms with E-state index in [1.54, 1.807) is 19.4 Å². The molecule has 0 aliphatic carbocycles. The van der Waals surface area contributed by atoms with Crippen LogP contribution in [0.3, 0.4) is 0 Å². The van der Waals surface area contributed by atoms with Crippen LogP contribution < -0.4 is 20.5 Å². The van der Waals surface area contributed by atoms with E-state index in [2.05, 4.69) is 37.7 Å². The van der Waals surface area contributed by atoms with Crippen LogP contribution in [-0.4, -0.2) is 91.2 Å². The third-order valence-electron chi connectivity index (χ3n) is 5.68. The topological polar surface area (TPSA) is 85.9 Å². The smallest absolute Gasteiger partial charge is 0.241 e. The van der Waals surface area contributed by atoms with Crippen molar-refractivity contribution in [3.8, 4) is 5.88 Å². The molecule has 0 saturated carbocycles. The van der Waals surface area contributed by atoms with Crippen molar-refractivity contribution in [1.82, 2.24) is 30.6 Å². The van der Waals surface area contributed by atoms with E-state index < -0.39 is 0 Å². The number of methoxy groups -OCH3 is 1. The minimum absolute atomic E-state index is 0.137. The van der Waals surface area contributed by atoms with E-state index in [0.717, 1.165) is 32.6 Å². The highest BCUT2D eigenvalue weighted by atomic mass is 16.5. The number of fused-ring (bicyclic) bond motifs is 1. The predicted molar refractivity (Wildman–Crippen MR) is 96.8 cm³/mol. The first-order valence-electron chi connectivity index (χ1n) is 9.26. The zero-order chi connectivity index (χ0) is 18.1. The van der Waals surface area contributed by atoms with Gasteiger partial charge in [-0.1, -0.05) is 0 Å². The molecule has 0 spiro atoms. The summed E-state index contributed by atoms with van der Waals surface area (Å²) >= 11 is 0. The standard InChI is InChI=1S/C17H27N7O2/c1-22-6-4-13-12(11-22)15(21-20-13)16(25)23-7-9-24(10-8-23)17-18-5-3-14(19-17)26-2/h3,5,12-13,15,20-21H,4,6-11H2,1-2H3. The van der Waals surface area contributed by atoms with Crippen LogP contribution in [-0.2, 0) is 4.79 Å². The van der Waals surface area contributed by atoms with Crippen molar-refractivity contribution < 1.29 is 9.53 Å². The van der Waals surface area contributed by atoms with Gasteiger partial charge in [-0.15, -0.1) is 0 Å². The first-order valence-corrected chi connectivity index (χ1v) is 9.26. The molecule has 3 fully saturated rings. The Morgan fingerprint density at radius 2 is 2.04 bits per heavy atom. The number of amides is 1. The molecule has 3 saturated heterocycles. The number of ether oxygens (including phenoxy) is 1. The molecule has 3 aliphatic heterocycles. The van der Waals surface area contributed by atoms with Gasteiger partial charge in [0.15, 0.2) is 0 Å². The second kappa shape index (κ2) is 7.34. The second-order valence-corrected chi connectivity index (χ2v) is 7.30. The van der Waals surface area contributed by atoms with Crippen LogP contribution >= 0.6 is 0 Å². The van der Waals surface area contributed by atoms with Gasteiger partial charge >= 0.3 is 0 Å². The van der Waals surface area contributed by atoms with Crippen LogP contribution in [0.1, 0.15) is 6.42 Å². The number of rotatable bonds is 3. The molecular weight excluding hydrogens is 334 g/mol. The third kappa shape index (κ3) is 3.34. The fourth-order valence-electron chi connectivity index (χ4n) is 4.14. The fourth-order valence-corrected chi connectivity index (χ4v) is 4.14. The lowest BCUT2D eigenvalue weighted by atomic mass is 9.88. The summed E-state index contributed by atoms with van der Waals surface area (Å²) in [6.07, 6.45) is 2.78. The maximum Gasteiger partial charge on any atom is 0.241 e. The number of piperidine rings is 1. The van der Waals surface area contributed by atoms with Gasteiger partial charge in [0.1, 0.15) is 6.04 Å². The van der Waals surface area contributed by atoms with E-state index in [1.165, 1.54) is 0 Å². The number of nitrogens with zero attached hydrogens (tertiary/aromatic N) is 5. The Morgan fingerprint density at radius 1 is 1.23 bits per heavy atom. The number of hydrogen-bond acceptors (Lipinski definition) is 8. The van der Waals surface area contributed by atoms with Crippen LogP contribution in [0.2, 0.25) is 0 Å². The van der Waals surface area contributed by atoms with E-state index in [9.17, 15) is 4.79 Å². The maximum atomic E-state index is 13.0. The first kappa shape index (κ1) is 17.4. The average Bonchev–Trinajstić information content (AvgIpc) is 3.10. The molecule has 1 amide bonds. The van der Waals surface area contributed by atoms with Crippen molar-refractivity contribution in [2.75, 3.05) is 58.3 Å². The summed E-state index contributed by atoms with van der Waals surface area (Å²) in [5, 5.41) is 0. The molecule has 1 aromatic heterocycles. The lowest BCUT2D eigenvalue weighted by Gasteiger charge is -2.38. The van der Waals surface area contributed by atoms with Crippen LogP contribution in [0, 0.1) is 5.92 Å². The highest BCUT2D eigenvalue weighted by Gasteiger charge is 2.44. The Hall–Kier alpha value is -1.97. The zero-order valence-electron chi connectivity index (χ0n) is 15.4. The Balaban J connectivity index is 1.36. The molecular formula is C17H27N7O2. The zero-order valence-corrected chi connectivity index (χ0v) is 15.4. The highest BCUT2D eigenvalue weighted by Crippen LogP contribution is 2.25. The molecule has 3 unspecified atom stereocenters. The van der Waals surface area contributed by atoms with E-state index in [0.29, 0.717) is 36.9 Å². The molecule has 4 heterocycles. The SMILES string of the molecule is COc1ccnc(N2CCN(C(=O)C3NNC4CCN(C)CC43)CC2)n1. The third-order valence-corrected chi connectivity index (χ3v) is 5.68. The number of hydrogen-bond donors (Lipinski definition) is 2. The first-order chi connectivity index (χ1) is 12.7. The summed E-state index contributed by atoms with van der Waals surface area (Å²) in [6.45, 7) is 4.87. The van der Waals surface area contributed by atoms with Gasteiger partial charge in [0.2, 0.25) is 17.7 Å². The Morgan fingerprint density at radius 3 is 2.81 bits per heavy atom. The largest absolute Gasteiger partial charge is 0.481 e. The van der Waals surface area contributed by atoms with Crippen LogP contribution in [0.5, 0.6) is 5.88 Å². The summed E-state index contributed by atoms with van der Waals surface area (Å²) in [5.74, 6) is 1.75. The number of carbonyl (C=O) groups is 1. The van der Waals surface area contributed by atoms with Gasteiger partial charge in [0, 0.05) is 56.9 Å². The molecule has 0 aromatic carbocycles. The van der Waals surface area contributed by atoms with Gasteiger partial charge in [0.05, 0.1) is 7.11 Å². The van der Waals surface area contributed by atoms with E-state index >= 15 is 0 Å². The van der Waals surface area contributed by atoms with Crippen LogP contribution in [0.25, 0.3) is 0 Å².